The molecule has 210 valence electrons. The van der Waals surface area contributed by atoms with E-state index in [2.05, 4.69) is 145 Å². The van der Waals surface area contributed by atoms with Crippen molar-refractivity contribution in [3.05, 3.63) is 115 Å². The number of aromatic nitrogens is 4. The van der Waals surface area contributed by atoms with Crippen LogP contribution in [0.2, 0.25) is 19.6 Å². The highest BCUT2D eigenvalue weighted by Crippen LogP contribution is 2.40. The smallest absolute Gasteiger partial charge is 0.0776 e. The summed E-state index contributed by atoms with van der Waals surface area (Å²) in [5.41, 5.74) is 12.6. The average Bonchev–Trinajstić information content (AvgIpc) is 3.76. The van der Waals surface area contributed by atoms with E-state index in [-0.39, 0.29) is 0 Å². The summed E-state index contributed by atoms with van der Waals surface area (Å²) in [4.78, 5) is 18.0. The molecule has 2 aliphatic rings. The second-order valence-corrected chi connectivity index (χ2v) is 18.0. The number of nitrogens with one attached hydrogen (secondary N) is 2. The van der Waals surface area contributed by atoms with Gasteiger partial charge in [-0.1, -0.05) is 116 Å². The molecule has 0 unspecified atom stereocenters. The Kier molecular flexibility index (Phi) is 5.23. The van der Waals surface area contributed by atoms with E-state index in [0.717, 1.165) is 67.1 Å². The number of aromatic amines is 2. The third-order valence-electron chi connectivity index (χ3n) is 9.08. The van der Waals surface area contributed by atoms with Crippen molar-refractivity contribution in [2.24, 2.45) is 0 Å². The van der Waals surface area contributed by atoms with Crippen molar-refractivity contribution in [3.63, 3.8) is 0 Å². The number of H-pyrrole nitrogens is 2. The van der Waals surface area contributed by atoms with Crippen molar-refractivity contribution in [2.75, 3.05) is 0 Å². The molecule has 0 saturated carbocycles. The fourth-order valence-corrected chi connectivity index (χ4v) is 7.94. The third-order valence-corrected chi connectivity index (χ3v) is 11.1. The monoisotopic (exact) mass is 582 g/mol. The summed E-state index contributed by atoms with van der Waals surface area (Å²) >= 11 is 0. The molecule has 2 aliphatic heterocycles. The van der Waals surface area contributed by atoms with Gasteiger partial charge in [0.05, 0.1) is 30.8 Å². The molecule has 5 heteroatoms. The summed E-state index contributed by atoms with van der Waals surface area (Å²) in [6, 6.07) is 41.5. The quantitative estimate of drug-likeness (QED) is 0.189. The normalized spacial score (nSPS) is 12.4. The van der Waals surface area contributed by atoms with Crippen molar-refractivity contribution in [1.29, 1.82) is 0 Å². The molecule has 0 aliphatic carbocycles. The van der Waals surface area contributed by atoms with Gasteiger partial charge < -0.3 is 9.97 Å². The minimum Gasteiger partial charge on any atom is -0.354 e. The molecule has 0 atom stereocenters. The summed E-state index contributed by atoms with van der Waals surface area (Å²) in [6.45, 7) is 7.21. The summed E-state index contributed by atoms with van der Waals surface area (Å²) in [6.07, 6.45) is 0. The molecule has 0 saturated heterocycles. The Morgan fingerprint density at radius 1 is 0.409 bits per heavy atom. The van der Waals surface area contributed by atoms with E-state index in [4.69, 9.17) is 9.97 Å². The van der Waals surface area contributed by atoms with E-state index in [1.54, 1.807) is 0 Å². The molecule has 5 heterocycles. The lowest BCUT2D eigenvalue weighted by molar-refractivity contribution is 1.40. The maximum atomic E-state index is 5.25. The molecule has 4 nitrogen and oxygen atoms in total. The zero-order valence-corrected chi connectivity index (χ0v) is 25.9. The predicted octanol–water partition coefficient (Wildman–Crippen LogP) is 9.83. The summed E-state index contributed by atoms with van der Waals surface area (Å²) in [7, 11) is -1.54. The van der Waals surface area contributed by atoms with Crippen LogP contribution in [0.3, 0.4) is 0 Å². The van der Waals surface area contributed by atoms with E-state index in [9.17, 15) is 0 Å². The Hall–Kier alpha value is -5.26. The highest BCUT2D eigenvalue weighted by atomic mass is 28.3. The van der Waals surface area contributed by atoms with E-state index < -0.39 is 8.07 Å². The zero-order chi connectivity index (χ0) is 29.6. The SMILES string of the molecule is C[Si](C)(C)c1ccc2c3cc4nc(cc5[nH]c(cc6nc(cc([nH]3)c2c1)-c1ccccc1-6)c1ccccc51)-c1ccccc1-4. The number of benzene rings is 4. The van der Waals surface area contributed by atoms with Crippen molar-refractivity contribution in [3.8, 4) is 45.0 Å². The molecule has 4 aromatic carbocycles. The van der Waals surface area contributed by atoms with E-state index >= 15 is 0 Å². The van der Waals surface area contributed by atoms with Crippen molar-refractivity contribution >= 4 is 56.9 Å². The van der Waals surface area contributed by atoms with Crippen LogP contribution in [0.1, 0.15) is 0 Å². The van der Waals surface area contributed by atoms with Crippen LogP contribution < -0.4 is 5.19 Å². The van der Waals surface area contributed by atoms with Crippen LogP contribution in [-0.4, -0.2) is 28.0 Å². The zero-order valence-electron chi connectivity index (χ0n) is 24.9. The molecule has 9 rings (SSSR count). The molecule has 44 heavy (non-hydrogen) atoms. The fourth-order valence-electron chi connectivity index (χ4n) is 6.78. The number of nitrogens with zero attached hydrogens (tertiary/aromatic N) is 2. The van der Waals surface area contributed by atoms with Crippen LogP contribution in [0, 0.1) is 0 Å². The minimum atomic E-state index is -1.54. The van der Waals surface area contributed by atoms with Crippen LogP contribution in [0.4, 0.5) is 0 Å². The van der Waals surface area contributed by atoms with Gasteiger partial charge in [-0.25, -0.2) is 9.97 Å². The highest BCUT2D eigenvalue weighted by Gasteiger charge is 2.21. The topological polar surface area (TPSA) is 57.4 Å². The molecule has 0 amide bonds. The molecule has 0 spiro atoms. The van der Waals surface area contributed by atoms with Gasteiger partial charge in [0.15, 0.2) is 0 Å². The molecule has 2 N–H and O–H groups in total. The van der Waals surface area contributed by atoms with E-state index in [1.807, 2.05) is 0 Å². The maximum absolute atomic E-state index is 5.25. The first-order chi connectivity index (χ1) is 21.4. The third kappa shape index (κ3) is 3.83. The van der Waals surface area contributed by atoms with Crippen molar-refractivity contribution < 1.29 is 0 Å². The highest BCUT2D eigenvalue weighted by molar-refractivity contribution is 6.88. The molecule has 0 radical (unpaired) electrons. The van der Waals surface area contributed by atoms with Crippen LogP contribution in [0.15, 0.2) is 115 Å². The lowest BCUT2D eigenvalue weighted by Crippen LogP contribution is -2.37. The summed E-state index contributed by atoms with van der Waals surface area (Å²) < 4.78 is 0. The van der Waals surface area contributed by atoms with Gasteiger partial charge in [0, 0.05) is 65.9 Å². The molecule has 7 aromatic rings. The predicted molar refractivity (Wildman–Crippen MR) is 188 cm³/mol. The standard InChI is InChI=1S/C39H30N4Si/c1-44(2,3)23-16-17-30-31(18-23)39-22-37-29-15-9-8-14-28(29)35(42-37)20-33-25-11-5-4-10-24(25)32(40-33)19-34-26-12-6-7-13-27(26)36(41-34)21-38(30)43-39/h4-22,40,43H,1-3H3. The summed E-state index contributed by atoms with van der Waals surface area (Å²) in [5.74, 6) is 0. The van der Waals surface area contributed by atoms with Gasteiger partial charge in [-0.15, -0.1) is 0 Å². The Morgan fingerprint density at radius 2 is 0.773 bits per heavy atom. The average molecular weight is 583 g/mol. The molecular formula is C39H30N4Si. The second-order valence-electron chi connectivity index (χ2n) is 12.9. The summed E-state index contributed by atoms with van der Waals surface area (Å²) in [5, 5.41) is 6.19. The number of hydrogen-bond acceptors (Lipinski definition) is 2. The van der Waals surface area contributed by atoms with E-state index in [1.165, 1.54) is 26.7 Å². The van der Waals surface area contributed by atoms with Crippen molar-refractivity contribution in [2.45, 2.75) is 19.6 Å². The number of fused-ring (bicyclic) bond motifs is 20. The van der Waals surface area contributed by atoms with Gasteiger partial charge >= 0.3 is 0 Å². The Morgan fingerprint density at radius 3 is 1.18 bits per heavy atom. The maximum Gasteiger partial charge on any atom is 0.0776 e. The molecule has 8 bridgehead atoms. The van der Waals surface area contributed by atoms with Gasteiger partial charge in [-0.05, 0) is 24.3 Å². The largest absolute Gasteiger partial charge is 0.354 e. The van der Waals surface area contributed by atoms with Gasteiger partial charge in [0.2, 0.25) is 0 Å². The number of hydrogen-bond donors (Lipinski definition) is 2. The first-order valence-corrected chi connectivity index (χ1v) is 18.7. The van der Waals surface area contributed by atoms with Crippen LogP contribution in [0.5, 0.6) is 0 Å². The molecule has 0 fully saturated rings. The Bertz CT molecular complexity index is 2490. The van der Waals surface area contributed by atoms with Gasteiger partial charge in [-0.2, -0.15) is 0 Å². The Balaban J connectivity index is 1.49. The first-order valence-electron chi connectivity index (χ1n) is 15.2. The van der Waals surface area contributed by atoms with Gasteiger partial charge in [-0.3, -0.25) is 0 Å². The lowest BCUT2D eigenvalue weighted by atomic mass is 10.0. The minimum absolute atomic E-state index is 0.959. The number of rotatable bonds is 1. The van der Waals surface area contributed by atoms with Crippen LogP contribution >= 0.6 is 0 Å². The van der Waals surface area contributed by atoms with Crippen LogP contribution in [0.25, 0.3) is 88.6 Å². The van der Waals surface area contributed by atoms with Gasteiger partial charge in [0.25, 0.3) is 0 Å². The molecule has 3 aromatic heterocycles. The first kappa shape index (κ1) is 25.3. The molecular weight excluding hydrogens is 553 g/mol. The second kappa shape index (κ2) is 9.12. The van der Waals surface area contributed by atoms with Gasteiger partial charge in [0.1, 0.15) is 0 Å². The fraction of sp³-hybridized carbons (Fsp3) is 0.0769. The lowest BCUT2D eigenvalue weighted by Gasteiger charge is -2.16. The van der Waals surface area contributed by atoms with Crippen molar-refractivity contribution in [1.82, 2.24) is 19.9 Å². The van der Waals surface area contributed by atoms with E-state index in [0.29, 0.717) is 0 Å². The van der Waals surface area contributed by atoms with Crippen LogP contribution in [-0.2, 0) is 0 Å². The Labute approximate surface area is 256 Å².